The molecule has 0 aromatic heterocycles. The molecular formula is C29H35F4I. The van der Waals surface area contributed by atoms with E-state index in [-0.39, 0.29) is 23.2 Å². The van der Waals surface area contributed by atoms with Crippen molar-refractivity contribution in [1.82, 2.24) is 0 Å². The van der Waals surface area contributed by atoms with Crippen LogP contribution in [0.2, 0.25) is 0 Å². The van der Waals surface area contributed by atoms with Gasteiger partial charge in [-0.05, 0) is 64.7 Å². The van der Waals surface area contributed by atoms with Gasteiger partial charge in [0, 0.05) is 28.0 Å². The predicted octanol–water partition coefficient (Wildman–Crippen LogP) is 9.32. The fourth-order valence-corrected chi connectivity index (χ4v) is 7.10. The number of hydrogen-bond acceptors (Lipinski definition) is 0. The predicted molar refractivity (Wildman–Crippen MR) is 140 cm³/mol. The van der Waals surface area contributed by atoms with Crippen molar-refractivity contribution in [3.05, 3.63) is 70.8 Å². The summed E-state index contributed by atoms with van der Waals surface area (Å²) in [5.41, 5.74) is -0.0266. The first-order chi connectivity index (χ1) is 15.5. The number of rotatable bonds is 4. The van der Waals surface area contributed by atoms with Crippen molar-refractivity contribution in [2.75, 3.05) is 0 Å². The van der Waals surface area contributed by atoms with Crippen LogP contribution >= 0.6 is 22.6 Å². The van der Waals surface area contributed by atoms with Crippen LogP contribution < -0.4 is 0 Å². The monoisotopic (exact) mass is 586 g/mol. The van der Waals surface area contributed by atoms with E-state index in [9.17, 15) is 8.78 Å². The molecule has 0 N–H and O–H groups in total. The quantitative estimate of drug-likeness (QED) is 0.190. The maximum Gasteiger partial charge on any atom is 0.359 e. The van der Waals surface area contributed by atoms with Gasteiger partial charge in [0.15, 0.2) is 0 Å². The molecule has 0 nitrogen and oxygen atoms in total. The summed E-state index contributed by atoms with van der Waals surface area (Å²) in [6.07, 6.45) is 1.89. The first-order valence-electron chi connectivity index (χ1n) is 12.1. The van der Waals surface area contributed by atoms with E-state index in [1.54, 1.807) is 12.1 Å². The van der Waals surface area contributed by atoms with Gasteiger partial charge in [-0.25, -0.2) is 0 Å². The van der Waals surface area contributed by atoms with Crippen molar-refractivity contribution in [2.24, 2.45) is 5.92 Å². The van der Waals surface area contributed by atoms with Crippen LogP contribution in [0.15, 0.2) is 48.5 Å². The average molecular weight is 586 g/mol. The molecule has 2 aliphatic carbocycles. The molecule has 2 fully saturated rings. The molecule has 2 bridgehead atoms. The van der Waals surface area contributed by atoms with Crippen molar-refractivity contribution in [3.8, 4) is 0 Å². The molecule has 0 heterocycles. The standard InChI is InChI=1S/C29H35F4I/c1-24(2,3)20-7-11-22(12-8-20)26-16-15-19(17-26)18-27(26,28(30,31)29(32,33)34)23-13-9-21(10-14-23)25(4,5)6/h7-14,19H,15-18H2,1-6H3. The van der Waals surface area contributed by atoms with E-state index in [4.69, 9.17) is 0 Å². The summed E-state index contributed by atoms with van der Waals surface area (Å²) in [7, 11) is 0. The van der Waals surface area contributed by atoms with Crippen LogP contribution in [0, 0.1) is 5.92 Å². The third-order valence-corrected chi connectivity index (χ3v) is 9.14. The summed E-state index contributed by atoms with van der Waals surface area (Å²) < 4.78 is 57.9. The Hall–Kier alpha value is -1.11. The minimum absolute atomic E-state index is 0.00853. The molecule has 0 saturated heterocycles. The van der Waals surface area contributed by atoms with E-state index in [0.717, 1.165) is 23.1 Å². The lowest BCUT2D eigenvalue weighted by Crippen LogP contribution is -2.62. The number of benzene rings is 2. The van der Waals surface area contributed by atoms with Crippen molar-refractivity contribution in [3.63, 3.8) is 0 Å². The van der Waals surface area contributed by atoms with Crippen LogP contribution in [-0.2, 0) is 21.7 Å². The molecule has 0 aliphatic heterocycles. The SMILES string of the molecule is CC(C)(C)c1ccc(C23CCC(C2)CC3(c2ccc(C(C)(C)C)cc2)C(F)(F)C(F)(F)I)cc1. The third-order valence-electron chi connectivity index (χ3n) is 8.47. The van der Waals surface area contributed by atoms with Gasteiger partial charge < -0.3 is 0 Å². The van der Waals surface area contributed by atoms with Crippen molar-refractivity contribution >= 4 is 22.6 Å². The topological polar surface area (TPSA) is 0 Å². The molecule has 0 radical (unpaired) electrons. The molecule has 2 saturated carbocycles. The minimum atomic E-state index is -4.21. The van der Waals surface area contributed by atoms with Gasteiger partial charge >= 0.3 is 9.85 Å². The Bertz CT molecular complexity index is 1040. The number of halogens is 5. The largest absolute Gasteiger partial charge is 0.359 e. The highest BCUT2D eigenvalue weighted by atomic mass is 127. The Morgan fingerprint density at radius 1 is 0.706 bits per heavy atom. The Morgan fingerprint density at radius 3 is 1.53 bits per heavy atom. The van der Waals surface area contributed by atoms with Crippen LogP contribution in [0.5, 0.6) is 0 Å². The third kappa shape index (κ3) is 3.74. The van der Waals surface area contributed by atoms with Crippen LogP contribution in [0.4, 0.5) is 17.6 Å². The summed E-state index contributed by atoms with van der Waals surface area (Å²) in [4.78, 5) is 0. The number of hydrogen-bond donors (Lipinski definition) is 0. The maximum absolute atomic E-state index is 16.2. The fourth-order valence-electron chi connectivity index (χ4n) is 6.64. The number of alkyl halides is 5. The Kier molecular flexibility index (Phi) is 6.07. The molecule has 3 unspecified atom stereocenters. The zero-order chi connectivity index (χ0) is 25.4. The Balaban J connectivity index is 1.96. The summed E-state index contributed by atoms with van der Waals surface area (Å²) in [5.74, 6) is -4.20. The maximum atomic E-state index is 16.2. The highest BCUT2D eigenvalue weighted by molar-refractivity contribution is 14.1. The molecule has 2 aromatic rings. The molecule has 34 heavy (non-hydrogen) atoms. The highest BCUT2D eigenvalue weighted by Gasteiger charge is 2.78. The van der Waals surface area contributed by atoms with Crippen molar-refractivity contribution in [1.29, 1.82) is 0 Å². The fraction of sp³-hybridized carbons (Fsp3) is 0.586. The lowest BCUT2D eigenvalue weighted by molar-refractivity contribution is -0.206. The van der Waals surface area contributed by atoms with Crippen LogP contribution in [0.1, 0.15) is 89.5 Å². The Morgan fingerprint density at radius 2 is 1.15 bits per heavy atom. The number of fused-ring (bicyclic) bond motifs is 2. The van der Waals surface area contributed by atoms with E-state index in [1.165, 1.54) is 0 Å². The second kappa shape index (κ2) is 7.94. The molecule has 5 heteroatoms. The van der Waals surface area contributed by atoms with Crippen LogP contribution in [0.3, 0.4) is 0 Å². The minimum Gasteiger partial charge on any atom is -0.198 e. The van der Waals surface area contributed by atoms with Crippen molar-refractivity contribution in [2.45, 2.75) is 98.7 Å². The van der Waals surface area contributed by atoms with E-state index >= 15 is 8.78 Å². The zero-order valence-electron chi connectivity index (χ0n) is 20.9. The molecule has 186 valence electrons. The van der Waals surface area contributed by atoms with Gasteiger partial charge in [-0.3, -0.25) is 0 Å². The van der Waals surface area contributed by atoms with Gasteiger partial charge in [0.1, 0.15) is 0 Å². The Labute approximate surface area is 215 Å². The summed E-state index contributed by atoms with van der Waals surface area (Å²) >= 11 is 0.665. The lowest BCUT2D eigenvalue weighted by Gasteiger charge is -2.52. The van der Waals surface area contributed by atoms with Gasteiger partial charge in [-0.2, -0.15) is 17.6 Å². The summed E-state index contributed by atoms with van der Waals surface area (Å²) in [6, 6.07) is 14.9. The highest BCUT2D eigenvalue weighted by Crippen LogP contribution is 2.72. The molecular weight excluding hydrogens is 551 g/mol. The van der Waals surface area contributed by atoms with Gasteiger partial charge in [0.25, 0.3) is 0 Å². The lowest BCUT2D eigenvalue weighted by atomic mass is 9.53. The van der Waals surface area contributed by atoms with E-state index in [2.05, 4.69) is 41.5 Å². The van der Waals surface area contributed by atoms with Gasteiger partial charge in [0.2, 0.25) is 0 Å². The second-order valence-electron chi connectivity index (χ2n) is 12.5. The van der Waals surface area contributed by atoms with E-state index in [0.29, 0.717) is 41.0 Å². The van der Waals surface area contributed by atoms with Gasteiger partial charge in [-0.15, -0.1) is 0 Å². The summed E-state index contributed by atoms with van der Waals surface area (Å²) in [6.45, 7) is 12.5. The first-order valence-corrected chi connectivity index (χ1v) is 13.2. The van der Waals surface area contributed by atoms with Crippen LogP contribution in [0.25, 0.3) is 0 Å². The molecule has 0 amide bonds. The molecule has 0 spiro atoms. The zero-order valence-corrected chi connectivity index (χ0v) is 23.1. The first kappa shape index (κ1) is 26.0. The smallest absolute Gasteiger partial charge is 0.198 e. The van der Waals surface area contributed by atoms with Crippen molar-refractivity contribution < 1.29 is 17.6 Å². The normalized spacial score (nSPS) is 27.9. The molecule has 3 atom stereocenters. The van der Waals surface area contributed by atoms with Gasteiger partial charge in [-0.1, -0.05) is 90.1 Å². The summed E-state index contributed by atoms with van der Waals surface area (Å²) in [5, 5.41) is 0. The van der Waals surface area contributed by atoms with Gasteiger partial charge in [0.05, 0.1) is 5.41 Å². The second-order valence-corrected chi connectivity index (χ2v) is 13.9. The average Bonchev–Trinajstić information content (AvgIpc) is 3.30. The molecule has 4 rings (SSSR count). The van der Waals surface area contributed by atoms with E-state index < -0.39 is 20.7 Å². The molecule has 2 aromatic carbocycles. The van der Waals surface area contributed by atoms with Crippen LogP contribution in [-0.4, -0.2) is 9.85 Å². The molecule has 2 aliphatic rings. The van der Waals surface area contributed by atoms with E-state index in [1.807, 2.05) is 36.4 Å².